The number of aryl methyl sites for hydroxylation is 1. The van der Waals surface area contributed by atoms with Crippen LogP contribution in [0.3, 0.4) is 0 Å². The molecule has 0 aliphatic carbocycles. The third kappa shape index (κ3) is 6.06. The van der Waals surface area contributed by atoms with Crippen LogP contribution in [-0.2, 0) is 21.8 Å². The molecule has 1 heterocycles. The van der Waals surface area contributed by atoms with Gasteiger partial charge in [0, 0.05) is 25.7 Å². The van der Waals surface area contributed by atoms with E-state index in [1.54, 1.807) is 29.8 Å². The van der Waals surface area contributed by atoms with Crippen LogP contribution in [0.25, 0.3) is 10.2 Å². The average Bonchev–Trinajstić information content (AvgIpc) is 3.11. The minimum absolute atomic E-state index is 0.151. The van der Waals surface area contributed by atoms with Gasteiger partial charge < -0.3 is 9.30 Å². The summed E-state index contributed by atoms with van der Waals surface area (Å²) in [5, 5.41) is 0. The Morgan fingerprint density at radius 2 is 1.57 bits per heavy atom. The lowest BCUT2D eigenvalue weighted by molar-refractivity contribution is 0.0600. The van der Waals surface area contributed by atoms with Gasteiger partial charge in [0.25, 0.3) is 5.91 Å². The second-order valence-corrected chi connectivity index (χ2v) is 12.1. The number of ether oxygens (including phenoxy) is 1. The predicted molar refractivity (Wildman–Crippen MR) is 137 cm³/mol. The van der Waals surface area contributed by atoms with Gasteiger partial charge in [0.15, 0.2) is 4.80 Å². The summed E-state index contributed by atoms with van der Waals surface area (Å²) in [7, 11) is -0.568. The van der Waals surface area contributed by atoms with Crippen molar-refractivity contribution in [2.45, 2.75) is 32.6 Å². The molecule has 0 saturated carbocycles. The molecule has 0 N–H and O–H groups in total. The molecule has 0 aliphatic rings. The van der Waals surface area contributed by atoms with Gasteiger partial charge in [-0.2, -0.15) is 9.30 Å². The first kappa shape index (κ1) is 26.8. The molecule has 3 rings (SSSR count). The quantitative estimate of drug-likeness (QED) is 0.420. The Morgan fingerprint density at radius 3 is 2.11 bits per heavy atom. The molecule has 1 aromatic heterocycles. The van der Waals surface area contributed by atoms with Crippen molar-refractivity contribution in [2.24, 2.45) is 23.9 Å². The van der Waals surface area contributed by atoms with E-state index in [0.717, 1.165) is 10.2 Å². The number of rotatable bonds is 8. The summed E-state index contributed by atoms with van der Waals surface area (Å²) >= 11 is 1.28. The fourth-order valence-electron chi connectivity index (χ4n) is 3.64. The summed E-state index contributed by atoms with van der Waals surface area (Å²) in [6.07, 6.45) is 0. The van der Waals surface area contributed by atoms with Crippen LogP contribution in [-0.4, -0.2) is 49.4 Å². The number of carbonyl (C=O) groups excluding carboxylic acids is 2. The van der Waals surface area contributed by atoms with Gasteiger partial charge in [0.05, 0.1) is 27.8 Å². The molecule has 2 aromatic carbocycles. The Labute approximate surface area is 209 Å². The van der Waals surface area contributed by atoms with Gasteiger partial charge in [-0.15, -0.1) is 0 Å². The maximum atomic E-state index is 13.2. The summed E-state index contributed by atoms with van der Waals surface area (Å²) in [4.78, 5) is 29.5. The van der Waals surface area contributed by atoms with Crippen molar-refractivity contribution in [1.29, 1.82) is 0 Å². The summed E-state index contributed by atoms with van der Waals surface area (Å²) in [5.74, 6) is -0.540. The SMILES string of the molecule is COC(=O)c1ccc2c(c1)sc(=NC(=O)c1ccc(S(=O)(=O)N(CC(C)C)CC(C)C)cc1)n2C. The summed E-state index contributed by atoms with van der Waals surface area (Å²) in [6, 6.07) is 11.0. The van der Waals surface area contributed by atoms with Crippen LogP contribution in [0, 0.1) is 11.8 Å². The fourth-order valence-corrected chi connectivity index (χ4v) is 6.46. The van der Waals surface area contributed by atoms with Crippen LogP contribution in [0.1, 0.15) is 48.4 Å². The number of hydrogen-bond donors (Lipinski definition) is 0. The van der Waals surface area contributed by atoms with Gasteiger partial charge in [-0.1, -0.05) is 39.0 Å². The van der Waals surface area contributed by atoms with E-state index >= 15 is 0 Å². The van der Waals surface area contributed by atoms with Gasteiger partial charge in [-0.05, 0) is 54.3 Å². The molecule has 8 nitrogen and oxygen atoms in total. The molecular weight excluding hydrogens is 486 g/mol. The second kappa shape index (κ2) is 10.8. The van der Waals surface area contributed by atoms with Gasteiger partial charge in [0.2, 0.25) is 10.0 Å². The van der Waals surface area contributed by atoms with E-state index in [9.17, 15) is 18.0 Å². The van der Waals surface area contributed by atoms with Crippen molar-refractivity contribution in [3.05, 3.63) is 58.4 Å². The zero-order valence-electron chi connectivity index (χ0n) is 20.8. The molecule has 0 saturated heterocycles. The van der Waals surface area contributed by atoms with Crippen molar-refractivity contribution in [3.8, 4) is 0 Å². The summed E-state index contributed by atoms with van der Waals surface area (Å²) in [6.45, 7) is 8.78. The molecule has 0 unspecified atom stereocenters. The molecule has 3 aromatic rings. The second-order valence-electron chi connectivity index (χ2n) is 9.17. The summed E-state index contributed by atoms with van der Waals surface area (Å²) in [5.41, 5.74) is 1.53. The molecule has 0 atom stereocenters. The normalized spacial score (nSPS) is 12.8. The monoisotopic (exact) mass is 517 g/mol. The Balaban J connectivity index is 1.90. The van der Waals surface area contributed by atoms with Crippen molar-refractivity contribution in [2.75, 3.05) is 20.2 Å². The predicted octanol–water partition coefficient (Wildman–Crippen LogP) is 4.07. The van der Waals surface area contributed by atoms with Gasteiger partial charge >= 0.3 is 5.97 Å². The van der Waals surface area contributed by atoms with Crippen LogP contribution in [0.2, 0.25) is 0 Å². The van der Waals surface area contributed by atoms with Crippen molar-refractivity contribution >= 4 is 43.5 Å². The number of aromatic nitrogens is 1. The average molecular weight is 518 g/mol. The zero-order chi connectivity index (χ0) is 25.9. The fraction of sp³-hybridized carbons (Fsp3) is 0.400. The smallest absolute Gasteiger partial charge is 0.337 e. The van der Waals surface area contributed by atoms with Crippen LogP contribution in [0.5, 0.6) is 0 Å². The number of hydrogen-bond acceptors (Lipinski definition) is 6. The molecule has 188 valence electrons. The Morgan fingerprint density at radius 1 is 1.00 bits per heavy atom. The van der Waals surface area contributed by atoms with Crippen LogP contribution in [0.15, 0.2) is 52.4 Å². The number of benzene rings is 2. The number of fused-ring (bicyclic) bond motifs is 1. The number of esters is 1. The Kier molecular flexibility index (Phi) is 8.30. The number of sulfonamides is 1. The zero-order valence-corrected chi connectivity index (χ0v) is 22.4. The van der Waals surface area contributed by atoms with E-state index < -0.39 is 21.9 Å². The summed E-state index contributed by atoms with van der Waals surface area (Å²) < 4.78 is 35.2. The van der Waals surface area contributed by atoms with E-state index in [0.29, 0.717) is 23.5 Å². The van der Waals surface area contributed by atoms with E-state index in [-0.39, 0.29) is 22.3 Å². The van der Waals surface area contributed by atoms with Crippen molar-refractivity contribution < 1.29 is 22.7 Å². The molecule has 0 bridgehead atoms. The third-order valence-corrected chi connectivity index (χ3v) is 8.24. The van der Waals surface area contributed by atoms with E-state index in [4.69, 9.17) is 4.74 Å². The Bertz CT molecular complexity index is 1390. The van der Waals surface area contributed by atoms with Crippen LogP contribution >= 0.6 is 11.3 Å². The number of nitrogens with zero attached hydrogens (tertiary/aromatic N) is 3. The van der Waals surface area contributed by atoms with Crippen LogP contribution < -0.4 is 4.80 Å². The Hall–Kier alpha value is -2.82. The number of thiazole rings is 1. The third-order valence-electron chi connectivity index (χ3n) is 5.30. The molecule has 10 heteroatoms. The highest BCUT2D eigenvalue weighted by atomic mass is 32.2. The topological polar surface area (TPSA) is 98.0 Å². The van der Waals surface area contributed by atoms with E-state index in [1.165, 1.54) is 47.0 Å². The highest BCUT2D eigenvalue weighted by molar-refractivity contribution is 7.89. The molecule has 35 heavy (non-hydrogen) atoms. The lowest BCUT2D eigenvalue weighted by atomic mass is 10.2. The molecular formula is C25H31N3O5S2. The largest absolute Gasteiger partial charge is 0.465 e. The lowest BCUT2D eigenvalue weighted by Crippen LogP contribution is -2.37. The number of amides is 1. The highest BCUT2D eigenvalue weighted by Gasteiger charge is 2.26. The molecule has 0 spiro atoms. The molecule has 0 fully saturated rings. The van der Waals surface area contributed by atoms with E-state index in [1.807, 2.05) is 27.7 Å². The first-order chi connectivity index (χ1) is 16.4. The maximum Gasteiger partial charge on any atom is 0.337 e. The van der Waals surface area contributed by atoms with Gasteiger partial charge in [-0.3, -0.25) is 4.79 Å². The van der Waals surface area contributed by atoms with Crippen LogP contribution in [0.4, 0.5) is 0 Å². The minimum Gasteiger partial charge on any atom is -0.465 e. The first-order valence-electron chi connectivity index (χ1n) is 11.3. The van der Waals surface area contributed by atoms with Gasteiger partial charge in [-0.25, -0.2) is 13.2 Å². The number of carbonyl (C=O) groups is 2. The van der Waals surface area contributed by atoms with E-state index in [2.05, 4.69) is 4.99 Å². The highest BCUT2D eigenvalue weighted by Crippen LogP contribution is 2.21. The first-order valence-corrected chi connectivity index (χ1v) is 13.6. The molecule has 1 amide bonds. The minimum atomic E-state index is -3.68. The lowest BCUT2D eigenvalue weighted by Gasteiger charge is -2.25. The van der Waals surface area contributed by atoms with Crippen molar-refractivity contribution in [1.82, 2.24) is 8.87 Å². The molecule has 0 aliphatic heterocycles. The standard InChI is InChI=1S/C25H31N3O5S2/c1-16(2)14-28(15-17(3)4)35(31,32)20-10-7-18(8-11-20)23(29)26-25-27(5)21-12-9-19(24(30)33-6)13-22(21)34-25/h7-13,16-17H,14-15H2,1-6H3. The van der Waals surface area contributed by atoms with Gasteiger partial charge in [0.1, 0.15) is 0 Å². The van der Waals surface area contributed by atoms with Crippen molar-refractivity contribution in [3.63, 3.8) is 0 Å². The number of methoxy groups -OCH3 is 1. The molecule has 0 radical (unpaired) electrons. The maximum absolute atomic E-state index is 13.2.